The number of nitrogens with two attached hydrogens (primary N) is 1. The third kappa shape index (κ3) is 2.25. The molecule has 19 heavy (non-hydrogen) atoms. The largest absolute Gasteiger partial charge is 0.398 e. The van der Waals surface area contributed by atoms with Gasteiger partial charge in [-0.05, 0) is 31.2 Å². The summed E-state index contributed by atoms with van der Waals surface area (Å²) in [6.45, 7) is 2.26. The number of benzene rings is 1. The fourth-order valence-electron chi connectivity index (χ4n) is 3.16. The Labute approximate surface area is 114 Å². The summed E-state index contributed by atoms with van der Waals surface area (Å²) in [5.41, 5.74) is 11.7. The van der Waals surface area contributed by atoms with Crippen molar-refractivity contribution in [1.82, 2.24) is 10.2 Å². The van der Waals surface area contributed by atoms with Crippen LogP contribution < -0.4 is 5.73 Å². The van der Waals surface area contributed by atoms with E-state index in [9.17, 15) is 0 Å². The lowest BCUT2D eigenvalue weighted by atomic mass is 9.83. The summed E-state index contributed by atoms with van der Waals surface area (Å²) in [4.78, 5) is 0. The molecule has 1 aliphatic rings. The summed E-state index contributed by atoms with van der Waals surface area (Å²) in [7, 11) is 0. The Kier molecular flexibility index (Phi) is 3.28. The van der Waals surface area contributed by atoms with Crippen LogP contribution in [0.15, 0.2) is 24.3 Å². The van der Waals surface area contributed by atoms with E-state index in [-0.39, 0.29) is 0 Å². The molecule has 0 amide bonds. The Balaban J connectivity index is 1.97. The minimum absolute atomic E-state index is 0.804. The third-order valence-corrected chi connectivity index (χ3v) is 4.16. The topological polar surface area (TPSA) is 54.7 Å². The molecule has 0 saturated heterocycles. The van der Waals surface area contributed by atoms with Crippen LogP contribution in [-0.2, 0) is 12.8 Å². The number of aromatic amines is 1. The molecule has 1 heterocycles. The van der Waals surface area contributed by atoms with Crippen molar-refractivity contribution in [2.75, 3.05) is 5.73 Å². The summed E-state index contributed by atoms with van der Waals surface area (Å²) >= 11 is 0. The summed E-state index contributed by atoms with van der Waals surface area (Å²) in [6, 6.07) is 8.01. The van der Waals surface area contributed by atoms with Crippen LogP contribution in [0.4, 0.5) is 5.69 Å². The zero-order chi connectivity index (χ0) is 13.2. The van der Waals surface area contributed by atoms with E-state index in [1.807, 2.05) is 18.2 Å². The predicted octanol–water partition coefficient (Wildman–Crippen LogP) is 3.56. The molecular formula is C16H21N3. The van der Waals surface area contributed by atoms with E-state index < -0.39 is 0 Å². The number of para-hydroxylation sites is 1. The van der Waals surface area contributed by atoms with Crippen molar-refractivity contribution in [1.29, 1.82) is 0 Å². The van der Waals surface area contributed by atoms with Crippen LogP contribution in [0.3, 0.4) is 0 Å². The van der Waals surface area contributed by atoms with E-state index in [0.717, 1.165) is 35.7 Å². The molecule has 3 heteroatoms. The van der Waals surface area contributed by atoms with Crippen molar-refractivity contribution in [2.24, 2.45) is 5.92 Å². The monoisotopic (exact) mass is 255 g/mol. The second kappa shape index (κ2) is 5.08. The standard InChI is InChI=1S/C16H21N3/c1-2-5-11-8-9-15-13(10-11)16(19-18-15)12-6-3-4-7-14(12)17/h3-4,6-7,11H,2,5,8-10,17H2,1H3,(H,18,19). The summed E-state index contributed by atoms with van der Waals surface area (Å²) in [5, 5.41) is 7.73. The lowest BCUT2D eigenvalue weighted by Crippen LogP contribution is -2.13. The molecule has 2 aromatic rings. The van der Waals surface area contributed by atoms with Gasteiger partial charge in [-0.2, -0.15) is 5.10 Å². The van der Waals surface area contributed by atoms with Gasteiger partial charge in [0.15, 0.2) is 0 Å². The normalized spacial score (nSPS) is 18.3. The highest BCUT2D eigenvalue weighted by Crippen LogP contribution is 2.35. The van der Waals surface area contributed by atoms with E-state index in [1.165, 1.54) is 30.5 Å². The average molecular weight is 255 g/mol. The van der Waals surface area contributed by atoms with Crippen molar-refractivity contribution < 1.29 is 0 Å². The fraction of sp³-hybridized carbons (Fsp3) is 0.438. The number of nitrogens with one attached hydrogen (secondary N) is 1. The van der Waals surface area contributed by atoms with Gasteiger partial charge in [-0.3, -0.25) is 5.10 Å². The number of rotatable bonds is 3. The Morgan fingerprint density at radius 2 is 2.21 bits per heavy atom. The summed E-state index contributed by atoms with van der Waals surface area (Å²) in [5.74, 6) is 0.804. The van der Waals surface area contributed by atoms with Gasteiger partial charge in [0.05, 0.1) is 5.69 Å². The van der Waals surface area contributed by atoms with Crippen LogP contribution in [0.2, 0.25) is 0 Å². The molecule has 3 nitrogen and oxygen atoms in total. The van der Waals surface area contributed by atoms with Crippen molar-refractivity contribution in [2.45, 2.75) is 39.0 Å². The second-order valence-corrected chi connectivity index (χ2v) is 5.51. The van der Waals surface area contributed by atoms with Crippen molar-refractivity contribution in [3.05, 3.63) is 35.5 Å². The van der Waals surface area contributed by atoms with Crippen LogP contribution in [-0.4, -0.2) is 10.2 Å². The Bertz CT molecular complexity index is 571. The van der Waals surface area contributed by atoms with E-state index in [0.29, 0.717) is 0 Å². The molecule has 0 radical (unpaired) electrons. The third-order valence-electron chi connectivity index (χ3n) is 4.16. The Hall–Kier alpha value is -1.77. The zero-order valence-corrected chi connectivity index (χ0v) is 11.4. The summed E-state index contributed by atoms with van der Waals surface area (Å²) in [6.07, 6.45) is 6.13. The minimum atomic E-state index is 0.804. The lowest BCUT2D eigenvalue weighted by Gasteiger charge is -2.22. The molecule has 1 atom stereocenters. The van der Waals surface area contributed by atoms with Crippen LogP contribution in [0.25, 0.3) is 11.3 Å². The Morgan fingerprint density at radius 3 is 3.00 bits per heavy atom. The number of fused-ring (bicyclic) bond motifs is 1. The van der Waals surface area contributed by atoms with Crippen LogP contribution in [0.5, 0.6) is 0 Å². The number of hydrogen-bond donors (Lipinski definition) is 2. The van der Waals surface area contributed by atoms with Gasteiger partial charge in [-0.15, -0.1) is 0 Å². The highest BCUT2D eigenvalue weighted by molar-refractivity contribution is 5.76. The molecule has 3 rings (SSSR count). The maximum Gasteiger partial charge on any atom is 0.0976 e. The van der Waals surface area contributed by atoms with Gasteiger partial charge in [0.1, 0.15) is 0 Å². The zero-order valence-electron chi connectivity index (χ0n) is 11.4. The number of hydrogen-bond acceptors (Lipinski definition) is 2. The number of H-pyrrole nitrogens is 1. The van der Waals surface area contributed by atoms with Gasteiger partial charge < -0.3 is 5.73 Å². The van der Waals surface area contributed by atoms with Gasteiger partial charge in [-0.25, -0.2) is 0 Å². The summed E-state index contributed by atoms with van der Waals surface area (Å²) < 4.78 is 0. The molecule has 0 fully saturated rings. The van der Waals surface area contributed by atoms with E-state index in [2.05, 4.69) is 23.2 Å². The van der Waals surface area contributed by atoms with E-state index >= 15 is 0 Å². The van der Waals surface area contributed by atoms with Gasteiger partial charge in [-0.1, -0.05) is 38.0 Å². The van der Waals surface area contributed by atoms with Crippen LogP contribution >= 0.6 is 0 Å². The highest BCUT2D eigenvalue weighted by atomic mass is 15.1. The van der Waals surface area contributed by atoms with Crippen LogP contribution in [0.1, 0.15) is 37.4 Å². The molecular weight excluding hydrogens is 234 g/mol. The minimum Gasteiger partial charge on any atom is -0.398 e. The predicted molar refractivity (Wildman–Crippen MR) is 78.9 cm³/mol. The molecule has 0 aliphatic heterocycles. The smallest absolute Gasteiger partial charge is 0.0976 e. The average Bonchev–Trinajstić information content (AvgIpc) is 2.83. The second-order valence-electron chi connectivity index (χ2n) is 5.51. The first-order valence-corrected chi connectivity index (χ1v) is 7.20. The number of aromatic nitrogens is 2. The first-order chi connectivity index (χ1) is 9.29. The van der Waals surface area contributed by atoms with Gasteiger partial charge in [0.2, 0.25) is 0 Å². The van der Waals surface area contributed by atoms with Crippen molar-refractivity contribution >= 4 is 5.69 Å². The number of nitrogens with zero attached hydrogens (tertiary/aromatic N) is 1. The van der Waals surface area contributed by atoms with E-state index in [4.69, 9.17) is 5.73 Å². The molecule has 0 saturated carbocycles. The number of nitrogen functional groups attached to an aromatic ring is 1. The van der Waals surface area contributed by atoms with Gasteiger partial charge >= 0.3 is 0 Å². The molecule has 0 spiro atoms. The molecule has 0 bridgehead atoms. The van der Waals surface area contributed by atoms with E-state index in [1.54, 1.807) is 0 Å². The maximum absolute atomic E-state index is 6.08. The first-order valence-electron chi connectivity index (χ1n) is 7.20. The fourth-order valence-corrected chi connectivity index (χ4v) is 3.16. The molecule has 1 aromatic heterocycles. The molecule has 1 unspecified atom stereocenters. The highest BCUT2D eigenvalue weighted by Gasteiger charge is 2.24. The van der Waals surface area contributed by atoms with Gasteiger partial charge in [0.25, 0.3) is 0 Å². The first kappa shape index (κ1) is 12.3. The SMILES string of the molecule is CCCC1CCc2[nH]nc(-c3ccccc3N)c2C1. The Morgan fingerprint density at radius 1 is 1.37 bits per heavy atom. The maximum atomic E-state index is 6.08. The lowest BCUT2D eigenvalue weighted by molar-refractivity contribution is 0.421. The number of aryl methyl sites for hydroxylation is 1. The van der Waals surface area contributed by atoms with Crippen molar-refractivity contribution in [3.63, 3.8) is 0 Å². The van der Waals surface area contributed by atoms with Crippen molar-refractivity contribution in [3.8, 4) is 11.3 Å². The molecule has 100 valence electrons. The molecule has 3 N–H and O–H groups in total. The quantitative estimate of drug-likeness (QED) is 0.824. The number of anilines is 1. The molecule has 1 aliphatic carbocycles. The molecule has 1 aromatic carbocycles. The van der Waals surface area contributed by atoms with Gasteiger partial charge in [0, 0.05) is 22.5 Å². The van der Waals surface area contributed by atoms with Crippen LogP contribution in [0, 0.1) is 5.92 Å².